The molecule has 0 saturated carbocycles. The molecule has 1 saturated heterocycles. The SMILES string of the molecule is COc1cc2c(cc1OCc1ccccc1)CCN1C[C@@H](c3cc(C)ccc3C)C(=NO)C[C@H]21. The summed E-state index contributed by atoms with van der Waals surface area (Å²) in [6.07, 6.45) is 1.66. The quantitative estimate of drug-likeness (QED) is 0.389. The second kappa shape index (κ2) is 9.51. The Bertz CT molecular complexity index is 1210. The number of ether oxygens (including phenoxy) is 2. The van der Waals surface area contributed by atoms with Crippen molar-refractivity contribution < 1.29 is 14.7 Å². The lowest BCUT2D eigenvalue weighted by atomic mass is 9.78. The predicted molar refractivity (Wildman–Crippen MR) is 134 cm³/mol. The molecule has 5 heteroatoms. The minimum Gasteiger partial charge on any atom is -0.493 e. The van der Waals surface area contributed by atoms with Gasteiger partial charge in [0.05, 0.1) is 12.8 Å². The van der Waals surface area contributed by atoms with Crippen molar-refractivity contribution in [2.75, 3.05) is 20.2 Å². The molecular weight excluding hydrogens is 424 g/mol. The first-order valence-electron chi connectivity index (χ1n) is 12.0. The summed E-state index contributed by atoms with van der Waals surface area (Å²) in [6.45, 7) is 6.59. The molecule has 3 aromatic rings. The van der Waals surface area contributed by atoms with Gasteiger partial charge in [-0.1, -0.05) is 59.3 Å². The summed E-state index contributed by atoms with van der Waals surface area (Å²) in [5, 5.41) is 13.8. The van der Waals surface area contributed by atoms with Crippen LogP contribution in [-0.2, 0) is 13.0 Å². The van der Waals surface area contributed by atoms with Gasteiger partial charge in [-0.2, -0.15) is 0 Å². The van der Waals surface area contributed by atoms with Crippen LogP contribution in [0.2, 0.25) is 0 Å². The van der Waals surface area contributed by atoms with Crippen LogP contribution in [0.15, 0.2) is 65.8 Å². The topological polar surface area (TPSA) is 54.3 Å². The lowest BCUT2D eigenvalue weighted by Gasteiger charge is -2.44. The van der Waals surface area contributed by atoms with E-state index in [-0.39, 0.29) is 12.0 Å². The van der Waals surface area contributed by atoms with Crippen LogP contribution in [0.5, 0.6) is 11.5 Å². The van der Waals surface area contributed by atoms with Gasteiger partial charge >= 0.3 is 0 Å². The Hall–Kier alpha value is -3.31. The summed E-state index contributed by atoms with van der Waals surface area (Å²) in [5.41, 5.74) is 8.25. The summed E-state index contributed by atoms with van der Waals surface area (Å²) >= 11 is 0. The summed E-state index contributed by atoms with van der Waals surface area (Å²) in [5.74, 6) is 1.63. The van der Waals surface area contributed by atoms with Gasteiger partial charge in [0.1, 0.15) is 6.61 Å². The number of fused-ring (bicyclic) bond motifs is 3. The molecule has 176 valence electrons. The van der Waals surface area contributed by atoms with Gasteiger partial charge in [0.25, 0.3) is 0 Å². The van der Waals surface area contributed by atoms with E-state index in [9.17, 15) is 5.21 Å². The fourth-order valence-corrected chi connectivity index (χ4v) is 5.43. The molecule has 0 radical (unpaired) electrons. The van der Waals surface area contributed by atoms with E-state index >= 15 is 0 Å². The predicted octanol–water partition coefficient (Wildman–Crippen LogP) is 5.81. The van der Waals surface area contributed by atoms with Gasteiger partial charge in [0.15, 0.2) is 11.5 Å². The number of methoxy groups -OCH3 is 1. The van der Waals surface area contributed by atoms with Crippen molar-refractivity contribution in [3.05, 3.63) is 94.0 Å². The van der Waals surface area contributed by atoms with E-state index in [1.807, 2.05) is 18.2 Å². The van der Waals surface area contributed by atoms with Crippen molar-refractivity contribution in [2.45, 2.75) is 45.3 Å². The number of aryl methyl sites for hydroxylation is 2. The highest BCUT2D eigenvalue weighted by Gasteiger charge is 2.38. The highest BCUT2D eigenvalue weighted by atomic mass is 16.5. The average Bonchev–Trinajstić information content (AvgIpc) is 2.88. The number of hydrogen-bond acceptors (Lipinski definition) is 5. The maximum atomic E-state index is 9.97. The average molecular weight is 457 g/mol. The highest BCUT2D eigenvalue weighted by Crippen LogP contribution is 2.44. The standard InChI is InChI=1S/C29H32N2O3/c1-19-9-10-20(2)23(13-19)25-17-31-12-11-22-14-29(34-18-21-7-5-4-6-8-21)28(33-3)15-24(22)27(31)16-26(25)30-32/h4-10,13-15,25,27,32H,11-12,16-18H2,1-3H3/t25-,27+/m0/s1. The Labute approximate surface area is 201 Å². The lowest BCUT2D eigenvalue weighted by Crippen LogP contribution is -2.45. The van der Waals surface area contributed by atoms with E-state index in [0.29, 0.717) is 13.0 Å². The maximum Gasteiger partial charge on any atom is 0.161 e. The molecule has 0 aromatic heterocycles. The van der Waals surface area contributed by atoms with Crippen molar-refractivity contribution in [1.29, 1.82) is 0 Å². The van der Waals surface area contributed by atoms with E-state index in [1.54, 1.807) is 7.11 Å². The van der Waals surface area contributed by atoms with Crippen LogP contribution in [0.3, 0.4) is 0 Å². The molecule has 1 fully saturated rings. The summed E-state index contributed by atoms with van der Waals surface area (Å²) < 4.78 is 11.9. The fourth-order valence-electron chi connectivity index (χ4n) is 5.43. The molecule has 2 aliphatic heterocycles. The molecule has 0 unspecified atom stereocenters. The first-order valence-corrected chi connectivity index (χ1v) is 12.0. The van der Waals surface area contributed by atoms with Gasteiger partial charge in [-0.25, -0.2) is 0 Å². The molecule has 2 aliphatic rings. The van der Waals surface area contributed by atoms with E-state index in [0.717, 1.165) is 42.3 Å². The van der Waals surface area contributed by atoms with Crippen LogP contribution in [0, 0.1) is 13.8 Å². The minimum atomic E-state index is 0.109. The Morgan fingerprint density at radius 1 is 1.00 bits per heavy atom. The van der Waals surface area contributed by atoms with Gasteiger partial charge in [-0.05, 0) is 60.2 Å². The van der Waals surface area contributed by atoms with Gasteiger partial charge in [0, 0.05) is 31.5 Å². The molecule has 3 aromatic carbocycles. The van der Waals surface area contributed by atoms with Crippen molar-refractivity contribution in [2.24, 2.45) is 5.16 Å². The van der Waals surface area contributed by atoms with Crippen LogP contribution in [0.4, 0.5) is 0 Å². The maximum absolute atomic E-state index is 9.97. The molecule has 1 N–H and O–H groups in total. The van der Waals surface area contributed by atoms with Crippen LogP contribution in [-0.4, -0.2) is 36.0 Å². The van der Waals surface area contributed by atoms with Gasteiger partial charge in [-0.15, -0.1) is 0 Å². The lowest BCUT2D eigenvalue weighted by molar-refractivity contribution is 0.165. The third-order valence-corrected chi connectivity index (χ3v) is 7.29. The van der Waals surface area contributed by atoms with Gasteiger partial charge < -0.3 is 14.7 Å². The van der Waals surface area contributed by atoms with E-state index < -0.39 is 0 Å². The molecular formula is C29H32N2O3. The first-order chi connectivity index (χ1) is 16.6. The fraction of sp³-hybridized carbons (Fsp3) is 0.345. The highest BCUT2D eigenvalue weighted by molar-refractivity contribution is 5.92. The van der Waals surface area contributed by atoms with Gasteiger partial charge in [0.2, 0.25) is 0 Å². The molecule has 2 heterocycles. The molecule has 0 spiro atoms. The van der Waals surface area contributed by atoms with Crippen LogP contribution in [0.25, 0.3) is 0 Å². The number of rotatable bonds is 5. The number of benzene rings is 3. The Kier molecular flexibility index (Phi) is 6.29. The smallest absolute Gasteiger partial charge is 0.161 e. The zero-order chi connectivity index (χ0) is 23.7. The number of piperidine rings is 1. The Morgan fingerprint density at radius 3 is 2.59 bits per heavy atom. The number of oxime groups is 1. The molecule has 0 bridgehead atoms. The van der Waals surface area contributed by atoms with Crippen molar-refractivity contribution >= 4 is 5.71 Å². The van der Waals surface area contributed by atoms with Crippen molar-refractivity contribution in [1.82, 2.24) is 4.90 Å². The summed E-state index contributed by atoms with van der Waals surface area (Å²) in [6, 6.07) is 21.2. The first kappa shape index (κ1) is 22.5. The monoisotopic (exact) mass is 456 g/mol. The zero-order valence-electron chi connectivity index (χ0n) is 20.1. The third-order valence-electron chi connectivity index (χ3n) is 7.29. The minimum absolute atomic E-state index is 0.109. The van der Waals surface area contributed by atoms with Crippen molar-refractivity contribution in [3.8, 4) is 11.5 Å². The summed E-state index contributed by atoms with van der Waals surface area (Å²) in [7, 11) is 1.69. The molecule has 0 aliphatic carbocycles. The largest absolute Gasteiger partial charge is 0.493 e. The van der Waals surface area contributed by atoms with Crippen LogP contribution >= 0.6 is 0 Å². The summed E-state index contributed by atoms with van der Waals surface area (Å²) in [4.78, 5) is 2.54. The molecule has 5 rings (SSSR count). The van der Waals surface area contributed by atoms with Gasteiger partial charge in [-0.3, -0.25) is 4.90 Å². The number of nitrogens with zero attached hydrogens (tertiary/aromatic N) is 2. The number of hydrogen-bond donors (Lipinski definition) is 1. The molecule has 0 amide bonds. The molecule has 5 nitrogen and oxygen atoms in total. The second-order valence-corrected chi connectivity index (χ2v) is 9.44. The Balaban J connectivity index is 1.42. The van der Waals surface area contributed by atoms with Crippen molar-refractivity contribution in [3.63, 3.8) is 0 Å². The Morgan fingerprint density at radius 2 is 1.82 bits per heavy atom. The second-order valence-electron chi connectivity index (χ2n) is 9.44. The van der Waals surface area contributed by atoms with E-state index in [1.165, 1.54) is 27.8 Å². The van der Waals surface area contributed by atoms with Crippen LogP contribution in [0.1, 0.15) is 51.8 Å². The molecule has 34 heavy (non-hydrogen) atoms. The van der Waals surface area contributed by atoms with E-state index in [2.05, 4.69) is 66.4 Å². The van der Waals surface area contributed by atoms with E-state index in [4.69, 9.17) is 9.47 Å². The third kappa shape index (κ3) is 4.28. The zero-order valence-corrected chi connectivity index (χ0v) is 20.1. The normalized spacial score (nSPS) is 21.1. The van der Waals surface area contributed by atoms with Crippen LogP contribution < -0.4 is 9.47 Å². The molecule has 2 atom stereocenters.